The van der Waals surface area contributed by atoms with Crippen LogP contribution >= 0.6 is 0 Å². The van der Waals surface area contributed by atoms with Gasteiger partial charge in [-0.3, -0.25) is 9.59 Å². The standard InChI is InChI=1S/C13H18N2O2/c1-9-4-6-10(7-5-9)15-13(17)11-3-2-8-14-12(11)16/h2-3,8-10H,4-7H2,1H3,(H,14,16)(H,15,17). The molecule has 2 rings (SSSR count). The lowest BCUT2D eigenvalue weighted by atomic mass is 9.87. The molecule has 4 heteroatoms. The monoisotopic (exact) mass is 234 g/mol. The topological polar surface area (TPSA) is 62.0 Å². The predicted molar refractivity (Wildman–Crippen MR) is 65.9 cm³/mol. The van der Waals surface area contributed by atoms with Crippen LogP contribution in [0.2, 0.25) is 0 Å². The highest BCUT2D eigenvalue weighted by Gasteiger charge is 2.21. The fourth-order valence-electron chi connectivity index (χ4n) is 2.27. The third-order valence-corrected chi connectivity index (χ3v) is 3.41. The summed E-state index contributed by atoms with van der Waals surface area (Å²) < 4.78 is 0. The molecule has 1 aliphatic carbocycles. The van der Waals surface area contributed by atoms with Gasteiger partial charge in [-0.1, -0.05) is 6.92 Å². The molecule has 0 saturated heterocycles. The molecule has 0 atom stereocenters. The van der Waals surface area contributed by atoms with E-state index >= 15 is 0 Å². The van der Waals surface area contributed by atoms with E-state index in [1.807, 2.05) is 0 Å². The fraction of sp³-hybridized carbons (Fsp3) is 0.538. The maximum absolute atomic E-state index is 11.9. The zero-order valence-electron chi connectivity index (χ0n) is 10.0. The summed E-state index contributed by atoms with van der Waals surface area (Å²) in [5.74, 6) is 0.495. The molecule has 17 heavy (non-hydrogen) atoms. The lowest BCUT2D eigenvalue weighted by Crippen LogP contribution is -2.39. The molecular formula is C13H18N2O2. The molecule has 4 nitrogen and oxygen atoms in total. The first kappa shape index (κ1) is 11.9. The van der Waals surface area contributed by atoms with Crippen molar-refractivity contribution in [1.29, 1.82) is 0 Å². The minimum atomic E-state index is -0.325. The number of rotatable bonds is 2. The molecule has 0 radical (unpaired) electrons. The number of nitrogens with one attached hydrogen (secondary N) is 2. The molecule has 0 aromatic carbocycles. The van der Waals surface area contributed by atoms with Crippen LogP contribution in [0.25, 0.3) is 0 Å². The predicted octanol–water partition coefficient (Wildman–Crippen LogP) is 1.68. The van der Waals surface area contributed by atoms with Gasteiger partial charge in [-0.15, -0.1) is 0 Å². The van der Waals surface area contributed by atoms with Crippen molar-refractivity contribution in [1.82, 2.24) is 10.3 Å². The smallest absolute Gasteiger partial charge is 0.260 e. The molecule has 0 unspecified atom stereocenters. The first-order valence-electron chi connectivity index (χ1n) is 6.15. The van der Waals surface area contributed by atoms with Crippen LogP contribution in [0.5, 0.6) is 0 Å². The number of aromatic nitrogens is 1. The van der Waals surface area contributed by atoms with Crippen molar-refractivity contribution in [3.8, 4) is 0 Å². The lowest BCUT2D eigenvalue weighted by Gasteiger charge is -2.26. The van der Waals surface area contributed by atoms with Gasteiger partial charge in [0.05, 0.1) is 0 Å². The van der Waals surface area contributed by atoms with E-state index in [1.165, 1.54) is 6.20 Å². The number of hydrogen-bond acceptors (Lipinski definition) is 2. The number of amides is 1. The number of hydrogen-bond donors (Lipinski definition) is 2. The van der Waals surface area contributed by atoms with Crippen molar-refractivity contribution >= 4 is 5.91 Å². The molecular weight excluding hydrogens is 216 g/mol. The van der Waals surface area contributed by atoms with Crippen LogP contribution in [0.4, 0.5) is 0 Å². The number of carbonyl (C=O) groups excluding carboxylic acids is 1. The molecule has 1 saturated carbocycles. The molecule has 1 aromatic heterocycles. The van der Waals surface area contributed by atoms with Crippen LogP contribution in [0.15, 0.2) is 23.1 Å². The SMILES string of the molecule is CC1CCC(NC(=O)c2ccc[nH]c2=O)CC1. The van der Waals surface area contributed by atoms with Crippen molar-refractivity contribution in [2.75, 3.05) is 0 Å². The van der Waals surface area contributed by atoms with Crippen LogP contribution in [0.1, 0.15) is 43.0 Å². The summed E-state index contributed by atoms with van der Waals surface area (Å²) in [4.78, 5) is 25.8. The molecule has 1 heterocycles. The van der Waals surface area contributed by atoms with Crippen LogP contribution in [-0.4, -0.2) is 16.9 Å². The van der Waals surface area contributed by atoms with Gasteiger partial charge in [0.2, 0.25) is 0 Å². The van der Waals surface area contributed by atoms with E-state index in [-0.39, 0.29) is 23.1 Å². The third-order valence-electron chi connectivity index (χ3n) is 3.41. The first-order chi connectivity index (χ1) is 8.16. The average molecular weight is 234 g/mol. The Morgan fingerprint density at radius 2 is 2.06 bits per heavy atom. The number of pyridine rings is 1. The summed E-state index contributed by atoms with van der Waals surface area (Å²) in [7, 11) is 0. The minimum Gasteiger partial charge on any atom is -0.349 e. The van der Waals surface area contributed by atoms with Crippen LogP contribution in [0.3, 0.4) is 0 Å². The molecule has 92 valence electrons. The summed E-state index contributed by atoms with van der Waals surface area (Å²) in [6, 6.07) is 3.44. The van der Waals surface area contributed by atoms with Crippen molar-refractivity contribution in [3.05, 3.63) is 34.2 Å². The largest absolute Gasteiger partial charge is 0.349 e. The second-order valence-electron chi connectivity index (χ2n) is 4.84. The quantitative estimate of drug-likeness (QED) is 0.818. The van der Waals surface area contributed by atoms with Gasteiger partial charge < -0.3 is 10.3 Å². The van der Waals surface area contributed by atoms with Gasteiger partial charge in [0, 0.05) is 12.2 Å². The Balaban J connectivity index is 1.98. The van der Waals surface area contributed by atoms with E-state index in [1.54, 1.807) is 12.1 Å². The van der Waals surface area contributed by atoms with Gasteiger partial charge in [-0.2, -0.15) is 0 Å². The molecule has 0 spiro atoms. The number of H-pyrrole nitrogens is 1. The number of aromatic amines is 1. The molecule has 2 N–H and O–H groups in total. The van der Waals surface area contributed by atoms with E-state index in [9.17, 15) is 9.59 Å². The Labute approximate surface area is 100 Å². The van der Waals surface area contributed by atoms with Gasteiger partial charge in [-0.25, -0.2) is 0 Å². The minimum absolute atomic E-state index is 0.200. The summed E-state index contributed by atoms with van der Waals surface area (Å²) in [6.07, 6.45) is 5.85. The second-order valence-corrected chi connectivity index (χ2v) is 4.84. The molecule has 0 aliphatic heterocycles. The molecule has 1 aliphatic rings. The molecule has 1 amide bonds. The van der Waals surface area contributed by atoms with Crippen molar-refractivity contribution in [3.63, 3.8) is 0 Å². The van der Waals surface area contributed by atoms with Crippen molar-refractivity contribution in [2.45, 2.75) is 38.6 Å². The van der Waals surface area contributed by atoms with E-state index in [0.717, 1.165) is 31.6 Å². The van der Waals surface area contributed by atoms with Gasteiger partial charge in [-0.05, 0) is 43.7 Å². The number of carbonyl (C=O) groups is 1. The summed E-state index contributed by atoms with van der Waals surface area (Å²) >= 11 is 0. The third kappa shape index (κ3) is 2.96. The lowest BCUT2D eigenvalue weighted by molar-refractivity contribution is 0.0921. The zero-order valence-corrected chi connectivity index (χ0v) is 10.0. The Bertz CT molecular complexity index is 445. The highest BCUT2D eigenvalue weighted by molar-refractivity contribution is 5.93. The molecule has 1 fully saturated rings. The summed E-state index contributed by atoms with van der Waals surface area (Å²) in [5, 5.41) is 2.94. The average Bonchev–Trinajstić information content (AvgIpc) is 2.32. The maximum atomic E-state index is 11.9. The highest BCUT2D eigenvalue weighted by atomic mass is 16.2. The maximum Gasteiger partial charge on any atom is 0.260 e. The van der Waals surface area contributed by atoms with Gasteiger partial charge in [0.15, 0.2) is 0 Å². The Morgan fingerprint density at radius 3 is 2.71 bits per heavy atom. The first-order valence-corrected chi connectivity index (χ1v) is 6.15. The van der Waals surface area contributed by atoms with Gasteiger partial charge >= 0.3 is 0 Å². The van der Waals surface area contributed by atoms with Crippen molar-refractivity contribution in [2.24, 2.45) is 5.92 Å². The van der Waals surface area contributed by atoms with Crippen molar-refractivity contribution < 1.29 is 4.79 Å². The Kier molecular flexibility index (Phi) is 3.61. The highest BCUT2D eigenvalue weighted by Crippen LogP contribution is 2.23. The Hall–Kier alpha value is -1.58. The van der Waals surface area contributed by atoms with E-state index in [0.29, 0.717) is 0 Å². The van der Waals surface area contributed by atoms with Crippen LogP contribution in [0, 0.1) is 5.92 Å². The van der Waals surface area contributed by atoms with E-state index in [4.69, 9.17) is 0 Å². The van der Waals surface area contributed by atoms with Gasteiger partial charge in [0.1, 0.15) is 5.56 Å². The van der Waals surface area contributed by atoms with E-state index in [2.05, 4.69) is 17.2 Å². The van der Waals surface area contributed by atoms with Gasteiger partial charge in [0.25, 0.3) is 11.5 Å². The summed E-state index contributed by atoms with van der Waals surface area (Å²) in [5.41, 5.74) is -0.125. The zero-order chi connectivity index (χ0) is 12.3. The fourth-order valence-corrected chi connectivity index (χ4v) is 2.27. The second kappa shape index (κ2) is 5.17. The van der Waals surface area contributed by atoms with E-state index < -0.39 is 0 Å². The molecule has 1 aromatic rings. The summed E-state index contributed by atoms with van der Waals surface area (Å²) in [6.45, 7) is 2.24. The normalized spacial score (nSPS) is 24.3. The van der Waals surface area contributed by atoms with Crippen LogP contribution in [-0.2, 0) is 0 Å². The Morgan fingerprint density at radius 1 is 1.35 bits per heavy atom. The molecule has 0 bridgehead atoms. The van der Waals surface area contributed by atoms with Crippen LogP contribution < -0.4 is 10.9 Å².